The van der Waals surface area contributed by atoms with Crippen LogP contribution in [-0.2, 0) is 20.7 Å². The van der Waals surface area contributed by atoms with Gasteiger partial charge in [-0.15, -0.1) is 0 Å². The summed E-state index contributed by atoms with van der Waals surface area (Å²) in [5, 5.41) is 11.8. The van der Waals surface area contributed by atoms with Crippen LogP contribution in [0.5, 0.6) is 11.5 Å². The molecule has 0 aliphatic heterocycles. The molecule has 0 spiro atoms. The Morgan fingerprint density at radius 2 is 1.39 bits per heavy atom. The summed E-state index contributed by atoms with van der Waals surface area (Å²) in [6.07, 6.45) is -0.453. The molecule has 0 aromatic heterocycles. The number of rotatable bonds is 4. The normalized spacial score (nSPS) is 11.4. The van der Waals surface area contributed by atoms with Crippen LogP contribution in [0.25, 0.3) is 43.1 Å². The highest BCUT2D eigenvalue weighted by molar-refractivity contribution is 6.20. The van der Waals surface area contributed by atoms with Crippen molar-refractivity contribution in [3.05, 3.63) is 78.2 Å². The Balaban J connectivity index is 2.05. The molecular formula is C27H18O9. The van der Waals surface area contributed by atoms with Crippen LogP contribution in [0, 0.1) is 0 Å². The van der Waals surface area contributed by atoms with Gasteiger partial charge in [-0.05, 0) is 28.5 Å². The highest BCUT2D eigenvalue weighted by atomic mass is 16.5. The molecule has 1 N–H and O–H groups in total. The van der Waals surface area contributed by atoms with Crippen molar-refractivity contribution in [2.45, 2.75) is 6.42 Å². The summed E-state index contributed by atoms with van der Waals surface area (Å²) in [7, 11) is 3.50. The lowest BCUT2D eigenvalue weighted by molar-refractivity contribution is -0.139. The first-order chi connectivity index (χ1) is 17.2. The van der Waals surface area contributed by atoms with E-state index >= 15 is 0 Å². The van der Waals surface area contributed by atoms with Crippen LogP contribution in [0.4, 0.5) is 0 Å². The Morgan fingerprint density at radius 3 is 2.03 bits per heavy atom. The Kier molecular flexibility index (Phi) is 5.21. The summed E-state index contributed by atoms with van der Waals surface area (Å²) in [6.45, 7) is 0. The van der Waals surface area contributed by atoms with Crippen molar-refractivity contribution in [3.63, 3.8) is 0 Å². The van der Waals surface area contributed by atoms with Gasteiger partial charge in [0.05, 0.1) is 43.9 Å². The smallest absolute Gasteiger partial charge is 0.341 e. The molecule has 0 atom stereocenters. The maximum Gasteiger partial charge on any atom is 0.341 e. The maximum absolute atomic E-state index is 13.7. The highest BCUT2D eigenvalue weighted by Gasteiger charge is 2.28. The molecule has 0 unspecified atom stereocenters. The number of carbonyl (C=O) groups excluding carboxylic acids is 2. The molecule has 180 valence electrons. The average molecular weight is 486 g/mol. The second-order valence-electron chi connectivity index (χ2n) is 8.21. The zero-order chi connectivity index (χ0) is 25.9. The van der Waals surface area contributed by atoms with Gasteiger partial charge >= 0.3 is 11.9 Å². The van der Waals surface area contributed by atoms with Crippen LogP contribution in [-0.4, -0.2) is 38.4 Å². The number of hydrogen-bond donors (Lipinski definition) is 1. The maximum atomic E-state index is 13.7. The third kappa shape index (κ3) is 2.99. The second kappa shape index (κ2) is 8.16. The monoisotopic (exact) mass is 486 g/mol. The average Bonchev–Trinajstić information content (AvgIpc) is 3.17. The lowest BCUT2D eigenvalue weighted by Crippen LogP contribution is -2.18. The van der Waals surface area contributed by atoms with E-state index in [0.29, 0.717) is 16.2 Å². The zero-order valence-electron chi connectivity index (χ0n) is 19.4. The van der Waals surface area contributed by atoms with Gasteiger partial charge in [-0.2, -0.15) is 0 Å². The second-order valence-corrected chi connectivity index (χ2v) is 8.21. The van der Waals surface area contributed by atoms with Crippen molar-refractivity contribution in [2.24, 2.45) is 0 Å². The van der Waals surface area contributed by atoms with Crippen LogP contribution in [0.15, 0.2) is 50.8 Å². The van der Waals surface area contributed by atoms with Gasteiger partial charge in [-0.3, -0.25) is 19.2 Å². The molecule has 36 heavy (non-hydrogen) atoms. The van der Waals surface area contributed by atoms with Gasteiger partial charge in [0.1, 0.15) is 17.1 Å². The number of benzene rings is 4. The van der Waals surface area contributed by atoms with E-state index in [1.807, 2.05) is 0 Å². The molecule has 0 fully saturated rings. The van der Waals surface area contributed by atoms with E-state index in [2.05, 4.69) is 4.74 Å². The van der Waals surface area contributed by atoms with Gasteiger partial charge in [-0.25, -0.2) is 4.79 Å². The van der Waals surface area contributed by atoms with E-state index in [1.54, 1.807) is 24.3 Å². The molecule has 0 aliphatic carbocycles. The predicted octanol–water partition coefficient (Wildman–Crippen LogP) is 2.47. The summed E-state index contributed by atoms with van der Waals surface area (Å²) >= 11 is 0. The van der Waals surface area contributed by atoms with Gasteiger partial charge in [0.25, 0.3) is 0 Å². The molecule has 5 aromatic carbocycles. The zero-order valence-corrected chi connectivity index (χ0v) is 19.4. The quantitative estimate of drug-likeness (QED) is 0.300. The molecule has 0 aliphatic rings. The van der Waals surface area contributed by atoms with E-state index in [4.69, 9.17) is 9.47 Å². The van der Waals surface area contributed by atoms with Crippen LogP contribution in [0.2, 0.25) is 0 Å². The highest BCUT2D eigenvalue weighted by Crippen LogP contribution is 2.37. The van der Waals surface area contributed by atoms with E-state index in [-0.39, 0.29) is 38.3 Å². The first-order valence-corrected chi connectivity index (χ1v) is 10.8. The van der Waals surface area contributed by atoms with Crippen LogP contribution in [0.3, 0.4) is 0 Å². The van der Waals surface area contributed by atoms with Crippen molar-refractivity contribution in [3.8, 4) is 11.5 Å². The number of ether oxygens (including phenoxy) is 3. The predicted molar refractivity (Wildman–Crippen MR) is 133 cm³/mol. The molecular weight excluding hydrogens is 468 g/mol. The Hall–Kier alpha value is -4.79. The van der Waals surface area contributed by atoms with Crippen molar-refractivity contribution in [2.75, 3.05) is 21.3 Å². The molecule has 9 nitrogen and oxygen atoms in total. The fraction of sp³-hybridized carbons (Fsp3) is 0.148. The van der Waals surface area contributed by atoms with Gasteiger partial charge in [0, 0.05) is 16.2 Å². The fourth-order valence-corrected chi connectivity index (χ4v) is 4.85. The minimum atomic E-state index is -1.01. The van der Waals surface area contributed by atoms with E-state index in [0.717, 1.165) is 14.2 Å². The Labute approximate surface area is 201 Å². The van der Waals surface area contributed by atoms with Crippen LogP contribution in [0.1, 0.15) is 15.9 Å². The third-order valence-electron chi connectivity index (χ3n) is 6.45. The lowest BCUT2D eigenvalue weighted by Gasteiger charge is -2.13. The summed E-state index contributed by atoms with van der Waals surface area (Å²) < 4.78 is 14.9. The number of esters is 2. The number of phenolic OH excluding ortho intramolecular Hbond substituents is 1. The summed E-state index contributed by atoms with van der Waals surface area (Å²) in [5.74, 6) is -2.64. The lowest BCUT2D eigenvalue weighted by atomic mass is 9.93. The first-order valence-electron chi connectivity index (χ1n) is 10.8. The van der Waals surface area contributed by atoms with Crippen LogP contribution >= 0.6 is 0 Å². The van der Waals surface area contributed by atoms with E-state index in [1.165, 1.54) is 19.2 Å². The van der Waals surface area contributed by atoms with Crippen LogP contribution < -0.4 is 21.0 Å². The van der Waals surface area contributed by atoms with Crippen molar-refractivity contribution < 1.29 is 28.9 Å². The third-order valence-corrected chi connectivity index (χ3v) is 6.45. The minimum Gasteiger partial charge on any atom is -0.506 e. The van der Waals surface area contributed by atoms with Crippen molar-refractivity contribution >= 4 is 55.0 Å². The molecule has 9 heteroatoms. The number of aromatic hydroxyl groups is 1. The molecule has 5 rings (SSSR count). The SMILES string of the molecule is COC(=O)Cc1cc2c(=O)c3cc4c(c(OC)c3c(=O)c2c(O)c1C(=O)OC)c(=O)c1ccccc14. The molecule has 0 heterocycles. The topological polar surface area (TPSA) is 133 Å². The summed E-state index contributed by atoms with van der Waals surface area (Å²) in [4.78, 5) is 65.1. The van der Waals surface area contributed by atoms with E-state index in [9.17, 15) is 29.1 Å². The Morgan fingerprint density at radius 1 is 0.750 bits per heavy atom. The minimum absolute atomic E-state index is 0.0261. The Bertz CT molecular complexity index is 1930. The summed E-state index contributed by atoms with van der Waals surface area (Å²) in [5.41, 5.74) is -2.29. The van der Waals surface area contributed by atoms with E-state index < -0.39 is 45.9 Å². The molecule has 0 amide bonds. The fourth-order valence-electron chi connectivity index (χ4n) is 4.85. The first kappa shape index (κ1) is 23.0. The molecule has 0 radical (unpaired) electrons. The number of hydrogen-bond acceptors (Lipinski definition) is 9. The molecule has 0 saturated heterocycles. The molecule has 0 bridgehead atoms. The summed E-state index contributed by atoms with van der Waals surface area (Å²) in [6, 6.07) is 9.50. The number of carbonyl (C=O) groups is 2. The van der Waals surface area contributed by atoms with Gasteiger partial charge in [0.15, 0.2) is 10.9 Å². The van der Waals surface area contributed by atoms with Gasteiger partial charge in [-0.1, -0.05) is 24.3 Å². The molecule has 0 saturated carbocycles. The molecule has 5 aromatic rings. The van der Waals surface area contributed by atoms with Crippen molar-refractivity contribution in [1.29, 1.82) is 0 Å². The van der Waals surface area contributed by atoms with Crippen molar-refractivity contribution in [1.82, 2.24) is 0 Å². The number of phenols is 1. The van der Waals surface area contributed by atoms with Gasteiger partial charge < -0.3 is 19.3 Å². The number of fused-ring (bicyclic) bond motifs is 5. The standard InChI is InChI=1S/C27H18O9/c1-34-17(28)9-11-8-15-19(24(31)18(11)27(33)36-3)25(32)21-16(22(15)29)10-14-12-6-4-5-7-13(12)23(30)20(14)26(21)35-2/h4-8,10,31H,9H2,1-3H3. The number of methoxy groups -OCH3 is 3. The van der Waals surface area contributed by atoms with Gasteiger partial charge in [0.2, 0.25) is 5.43 Å². The largest absolute Gasteiger partial charge is 0.506 e.